The van der Waals surface area contributed by atoms with E-state index in [1.165, 1.54) is 0 Å². The van der Waals surface area contributed by atoms with Crippen molar-refractivity contribution in [1.82, 2.24) is 0 Å². The van der Waals surface area contributed by atoms with Gasteiger partial charge in [0.25, 0.3) is 6.43 Å². The van der Waals surface area contributed by atoms with Crippen molar-refractivity contribution in [1.29, 1.82) is 0 Å². The maximum atomic E-state index is 12.7. The molecule has 4 nitrogen and oxygen atoms in total. The topological polar surface area (TPSA) is 63.6 Å². The molecule has 1 rings (SSSR count). The van der Waals surface area contributed by atoms with Gasteiger partial charge in [-0.15, -0.1) is 0 Å². The van der Waals surface area contributed by atoms with E-state index in [-0.39, 0.29) is 21.9 Å². The van der Waals surface area contributed by atoms with Gasteiger partial charge in [0.15, 0.2) is 11.1 Å². The van der Waals surface area contributed by atoms with Crippen LogP contribution < -0.4 is 0 Å². The second-order valence-corrected chi connectivity index (χ2v) is 4.63. The van der Waals surface area contributed by atoms with Gasteiger partial charge >= 0.3 is 5.97 Å². The number of hydrogen-bond donors (Lipinski definition) is 1. The van der Waals surface area contributed by atoms with Crippen molar-refractivity contribution in [2.75, 3.05) is 7.11 Å². The fourth-order valence-corrected chi connectivity index (χ4v) is 2.17. The van der Waals surface area contributed by atoms with E-state index in [1.54, 1.807) is 0 Å². The van der Waals surface area contributed by atoms with Crippen molar-refractivity contribution in [2.24, 2.45) is 0 Å². The van der Waals surface area contributed by atoms with Gasteiger partial charge in [-0.2, -0.15) is 0 Å². The first-order valence-electron chi connectivity index (χ1n) is 4.63. The predicted molar refractivity (Wildman–Crippen MR) is 62.2 cm³/mol. The molecule has 1 aromatic rings. The highest BCUT2D eigenvalue weighted by Gasteiger charge is 2.21. The monoisotopic (exact) mass is 298 g/mol. The number of benzene rings is 1. The zero-order valence-electron chi connectivity index (χ0n) is 9.15. The van der Waals surface area contributed by atoms with Crippen LogP contribution in [0, 0.1) is 0 Å². The van der Waals surface area contributed by atoms with Gasteiger partial charge in [0, 0.05) is 10.6 Å². The van der Waals surface area contributed by atoms with E-state index in [0.29, 0.717) is 0 Å². The summed E-state index contributed by atoms with van der Waals surface area (Å²) in [7, 11) is 1.05. The Balaban J connectivity index is 3.35. The van der Waals surface area contributed by atoms with Crippen LogP contribution in [-0.2, 0) is 21.6 Å². The molecule has 8 heteroatoms. The minimum atomic E-state index is -2.90. The smallest absolute Gasteiger partial charge is 0.338 e. The lowest BCUT2D eigenvalue weighted by molar-refractivity contribution is 0.0589. The third-order valence-electron chi connectivity index (χ3n) is 2.14. The lowest BCUT2D eigenvalue weighted by Gasteiger charge is -2.10. The molecule has 0 aliphatic heterocycles. The summed E-state index contributed by atoms with van der Waals surface area (Å²) < 4.78 is 49.2. The fourth-order valence-electron chi connectivity index (χ4n) is 1.34. The highest BCUT2D eigenvalue weighted by atomic mass is 35.5. The minimum absolute atomic E-state index is 0.0969. The molecule has 0 amide bonds. The van der Waals surface area contributed by atoms with Crippen molar-refractivity contribution in [3.63, 3.8) is 0 Å². The molecule has 0 bridgehead atoms. The van der Waals surface area contributed by atoms with Crippen LogP contribution in [-0.4, -0.2) is 21.8 Å². The number of halogens is 3. The van der Waals surface area contributed by atoms with Gasteiger partial charge in [-0.25, -0.2) is 17.8 Å². The number of carbonyl (C=O) groups is 1. The van der Waals surface area contributed by atoms with Crippen LogP contribution in [0.2, 0.25) is 5.02 Å². The Labute approximate surface area is 109 Å². The lowest BCUT2D eigenvalue weighted by atomic mass is 10.0. The average molecular weight is 299 g/mol. The van der Waals surface area contributed by atoms with Gasteiger partial charge in [0.2, 0.25) is 0 Å². The summed E-state index contributed by atoms with van der Waals surface area (Å²) in [6.07, 6.45) is -2.90. The number of methoxy groups -OCH3 is 1. The lowest BCUT2D eigenvalue weighted by Crippen LogP contribution is -2.08. The Morgan fingerprint density at radius 2 is 2.17 bits per heavy atom. The van der Waals surface area contributed by atoms with Crippen LogP contribution >= 0.6 is 11.6 Å². The quantitative estimate of drug-likeness (QED) is 0.686. The highest BCUT2D eigenvalue weighted by Crippen LogP contribution is 2.30. The van der Waals surface area contributed by atoms with E-state index in [2.05, 4.69) is 4.74 Å². The van der Waals surface area contributed by atoms with Crippen molar-refractivity contribution >= 4 is 28.7 Å². The van der Waals surface area contributed by atoms with Crippen LogP contribution in [0.4, 0.5) is 8.78 Å². The summed E-state index contributed by atoms with van der Waals surface area (Å²) in [5, 5.41) is -0.0969. The van der Waals surface area contributed by atoms with Crippen molar-refractivity contribution < 1.29 is 27.1 Å². The van der Waals surface area contributed by atoms with E-state index in [9.17, 15) is 17.8 Å². The molecule has 1 N–H and O–H groups in total. The maximum Gasteiger partial charge on any atom is 0.338 e. The molecule has 1 unspecified atom stereocenters. The van der Waals surface area contributed by atoms with Crippen molar-refractivity contribution in [3.05, 3.63) is 33.8 Å². The Morgan fingerprint density at radius 1 is 1.56 bits per heavy atom. The summed E-state index contributed by atoms with van der Waals surface area (Å²) in [5.41, 5.74) is -0.807. The Hall–Kier alpha value is -1.05. The van der Waals surface area contributed by atoms with E-state index in [4.69, 9.17) is 16.2 Å². The third kappa shape index (κ3) is 3.47. The van der Waals surface area contributed by atoms with Gasteiger partial charge in [0.05, 0.1) is 18.4 Å². The Morgan fingerprint density at radius 3 is 2.61 bits per heavy atom. The Bertz CT molecular complexity index is 493. The maximum absolute atomic E-state index is 12.7. The predicted octanol–water partition coefficient (Wildman–Crippen LogP) is 2.79. The molecule has 100 valence electrons. The van der Waals surface area contributed by atoms with Gasteiger partial charge < -0.3 is 9.29 Å². The molecule has 0 aliphatic rings. The van der Waals surface area contributed by atoms with Crippen LogP contribution in [0.5, 0.6) is 0 Å². The second kappa shape index (κ2) is 6.21. The molecular formula is C10H9ClF2O4S. The molecule has 0 fully saturated rings. The molecule has 1 atom stereocenters. The van der Waals surface area contributed by atoms with Crippen LogP contribution in [0.15, 0.2) is 12.1 Å². The molecular weight excluding hydrogens is 290 g/mol. The zero-order valence-corrected chi connectivity index (χ0v) is 10.7. The highest BCUT2D eigenvalue weighted by molar-refractivity contribution is 7.78. The molecule has 18 heavy (non-hydrogen) atoms. The molecule has 0 heterocycles. The fraction of sp³-hybridized carbons (Fsp3) is 0.300. The first-order valence-corrected chi connectivity index (χ1v) is 6.28. The van der Waals surface area contributed by atoms with E-state index >= 15 is 0 Å². The second-order valence-electron chi connectivity index (χ2n) is 3.29. The van der Waals surface area contributed by atoms with E-state index in [1.807, 2.05) is 0 Å². The normalized spacial score (nSPS) is 12.6. The first-order chi connectivity index (χ1) is 8.36. The number of rotatable bonds is 4. The Kier molecular flexibility index (Phi) is 5.18. The molecule has 1 aromatic carbocycles. The van der Waals surface area contributed by atoms with Crippen molar-refractivity contribution in [3.8, 4) is 0 Å². The minimum Gasteiger partial charge on any atom is -0.465 e. The molecule has 0 saturated carbocycles. The van der Waals surface area contributed by atoms with Crippen molar-refractivity contribution in [2.45, 2.75) is 12.2 Å². The van der Waals surface area contributed by atoms with E-state index in [0.717, 1.165) is 19.2 Å². The van der Waals surface area contributed by atoms with Gasteiger partial charge in [0.1, 0.15) is 0 Å². The molecule has 0 spiro atoms. The number of esters is 1. The zero-order chi connectivity index (χ0) is 13.9. The first kappa shape index (κ1) is 15.0. The number of carbonyl (C=O) groups excluding carboxylic acids is 1. The molecule has 0 radical (unpaired) electrons. The summed E-state index contributed by atoms with van der Waals surface area (Å²) in [6.45, 7) is 0. The largest absolute Gasteiger partial charge is 0.465 e. The summed E-state index contributed by atoms with van der Waals surface area (Å²) >= 11 is 3.51. The third-order valence-corrected chi connectivity index (χ3v) is 3.05. The van der Waals surface area contributed by atoms with Crippen LogP contribution in [0.3, 0.4) is 0 Å². The van der Waals surface area contributed by atoms with Gasteiger partial charge in [-0.1, -0.05) is 11.6 Å². The standard InChI is InChI=1S/C10H9ClF2O4S/c1-17-10(14)7-2-5(4-18(15)16)8(11)3-6(7)9(12)13/h2-3,9H,4H2,1H3,(H,15,16). The molecule has 0 saturated heterocycles. The van der Waals surface area contributed by atoms with Gasteiger partial charge in [-0.3, -0.25) is 0 Å². The van der Waals surface area contributed by atoms with E-state index < -0.39 is 29.0 Å². The number of alkyl halides is 2. The summed E-state index contributed by atoms with van der Waals surface area (Å²) in [4.78, 5) is 11.4. The molecule has 0 aliphatic carbocycles. The summed E-state index contributed by atoms with van der Waals surface area (Å²) in [6, 6.07) is 1.95. The van der Waals surface area contributed by atoms with Crippen LogP contribution in [0.1, 0.15) is 27.9 Å². The summed E-state index contributed by atoms with van der Waals surface area (Å²) in [5.74, 6) is -1.31. The number of hydrogen-bond acceptors (Lipinski definition) is 3. The number of ether oxygens (including phenoxy) is 1. The molecule has 0 aromatic heterocycles. The average Bonchev–Trinajstić information content (AvgIpc) is 2.29. The SMILES string of the molecule is COC(=O)c1cc(CS(=O)O)c(Cl)cc1C(F)F. The van der Waals surface area contributed by atoms with Crippen LogP contribution in [0.25, 0.3) is 0 Å². The van der Waals surface area contributed by atoms with Gasteiger partial charge in [-0.05, 0) is 17.7 Å².